The van der Waals surface area contributed by atoms with Crippen LogP contribution < -0.4 is 15.0 Å². The fourth-order valence-corrected chi connectivity index (χ4v) is 5.93. The molecule has 2 fully saturated rings. The van der Waals surface area contributed by atoms with Crippen LogP contribution in [-0.4, -0.2) is 64.7 Å². The van der Waals surface area contributed by atoms with Crippen LogP contribution in [0.3, 0.4) is 0 Å². The number of aromatic nitrogens is 1. The Labute approximate surface area is 244 Å². The number of hydrogen-bond donors (Lipinski definition) is 1. The standard InChI is InChI=1S/C32H32N6O4/c1-21(36-13-15-37(16-14-36)29-11-7-23(17-33)18-34-29)24-8-5-22(6-9-24)20-42-28-4-2-3-25-26(28)19-38(32(25)41)27-10-12-30(39)35-31(27)40/h2-9,11,18,21,27H,10,12-16,19-20H2,1H3,(H,35,39,40)/t21?,27-/m0/s1. The minimum absolute atomic E-state index is 0.211. The van der Waals surface area contributed by atoms with Crippen molar-refractivity contribution < 1.29 is 19.1 Å². The maximum absolute atomic E-state index is 13.1. The molecule has 3 aliphatic heterocycles. The second-order valence-electron chi connectivity index (χ2n) is 10.9. The van der Waals surface area contributed by atoms with Gasteiger partial charge in [-0.15, -0.1) is 0 Å². The lowest BCUT2D eigenvalue weighted by atomic mass is 10.0. The molecule has 0 spiro atoms. The highest BCUT2D eigenvalue weighted by Crippen LogP contribution is 2.34. The summed E-state index contributed by atoms with van der Waals surface area (Å²) in [5.41, 5.74) is 4.13. The number of carbonyl (C=O) groups is 3. The molecule has 0 aliphatic carbocycles. The van der Waals surface area contributed by atoms with Crippen LogP contribution in [0.2, 0.25) is 0 Å². The number of nitrogens with one attached hydrogen (secondary N) is 1. The van der Waals surface area contributed by atoms with Crippen molar-refractivity contribution in [1.29, 1.82) is 5.26 Å². The average Bonchev–Trinajstić information content (AvgIpc) is 3.36. The van der Waals surface area contributed by atoms with Crippen molar-refractivity contribution in [2.45, 2.75) is 45.0 Å². The van der Waals surface area contributed by atoms with Gasteiger partial charge in [0.15, 0.2) is 0 Å². The fraction of sp³-hybridized carbons (Fsp3) is 0.344. The number of pyridine rings is 1. The van der Waals surface area contributed by atoms with Crippen molar-refractivity contribution in [2.75, 3.05) is 31.1 Å². The molecule has 1 aromatic heterocycles. The Morgan fingerprint density at radius 3 is 2.52 bits per heavy atom. The lowest BCUT2D eigenvalue weighted by Gasteiger charge is -2.38. The molecular formula is C32H32N6O4. The first-order chi connectivity index (χ1) is 20.4. The number of hydrogen-bond acceptors (Lipinski definition) is 8. The average molecular weight is 565 g/mol. The molecule has 3 aliphatic rings. The van der Waals surface area contributed by atoms with Gasteiger partial charge in [-0.3, -0.25) is 24.6 Å². The Kier molecular flexibility index (Phi) is 7.59. The van der Waals surface area contributed by atoms with E-state index in [-0.39, 0.29) is 30.8 Å². The quantitative estimate of drug-likeness (QED) is 0.435. The zero-order valence-electron chi connectivity index (χ0n) is 23.5. The van der Waals surface area contributed by atoms with Crippen LogP contribution in [0.5, 0.6) is 5.75 Å². The van der Waals surface area contributed by atoms with E-state index in [0.717, 1.165) is 43.1 Å². The molecule has 1 unspecified atom stereocenters. The Hall–Kier alpha value is -4.75. The molecule has 10 nitrogen and oxygen atoms in total. The summed E-state index contributed by atoms with van der Waals surface area (Å²) in [6, 6.07) is 19.3. The van der Waals surface area contributed by atoms with E-state index in [9.17, 15) is 14.4 Å². The van der Waals surface area contributed by atoms with Crippen molar-refractivity contribution in [2.24, 2.45) is 0 Å². The minimum atomic E-state index is -0.652. The van der Waals surface area contributed by atoms with Gasteiger partial charge in [0.25, 0.3) is 5.91 Å². The van der Waals surface area contributed by atoms with Crippen LogP contribution >= 0.6 is 0 Å². The van der Waals surface area contributed by atoms with Gasteiger partial charge in [-0.25, -0.2) is 4.98 Å². The molecule has 2 saturated heterocycles. The number of fused-ring (bicyclic) bond motifs is 1. The van der Waals surface area contributed by atoms with Gasteiger partial charge in [-0.05, 0) is 48.7 Å². The van der Waals surface area contributed by atoms with E-state index in [1.807, 2.05) is 18.2 Å². The van der Waals surface area contributed by atoms with E-state index in [1.54, 1.807) is 18.3 Å². The van der Waals surface area contributed by atoms with Gasteiger partial charge in [0.2, 0.25) is 11.8 Å². The van der Waals surface area contributed by atoms with E-state index in [0.29, 0.717) is 29.9 Å². The first-order valence-corrected chi connectivity index (χ1v) is 14.2. The van der Waals surface area contributed by atoms with E-state index in [2.05, 4.69) is 57.4 Å². The van der Waals surface area contributed by atoms with Crippen molar-refractivity contribution in [3.05, 3.63) is 88.6 Å². The highest BCUT2D eigenvalue weighted by molar-refractivity contribution is 6.05. The molecule has 3 amide bonds. The number of piperazine rings is 1. The molecule has 0 radical (unpaired) electrons. The Morgan fingerprint density at radius 1 is 1.05 bits per heavy atom. The lowest BCUT2D eigenvalue weighted by molar-refractivity contribution is -0.136. The molecule has 4 heterocycles. The number of nitrogens with zero attached hydrogens (tertiary/aromatic N) is 5. The van der Waals surface area contributed by atoms with Crippen LogP contribution in [-0.2, 0) is 22.7 Å². The zero-order chi connectivity index (χ0) is 29.2. The Bertz CT molecular complexity index is 1540. The van der Waals surface area contributed by atoms with Gasteiger partial charge in [0, 0.05) is 56.0 Å². The van der Waals surface area contributed by atoms with E-state index >= 15 is 0 Å². The summed E-state index contributed by atoms with van der Waals surface area (Å²) in [5.74, 6) is 0.599. The molecule has 214 valence electrons. The summed E-state index contributed by atoms with van der Waals surface area (Å²) >= 11 is 0. The number of anilines is 1. The van der Waals surface area contributed by atoms with Crippen LogP contribution in [0.25, 0.3) is 0 Å². The topological polar surface area (TPSA) is 119 Å². The van der Waals surface area contributed by atoms with Gasteiger partial charge in [0.1, 0.15) is 30.3 Å². The van der Waals surface area contributed by atoms with Crippen LogP contribution in [0.4, 0.5) is 5.82 Å². The summed E-state index contributed by atoms with van der Waals surface area (Å²) in [5, 5.41) is 11.3. The number of amides is 3. The summed E-state index contributed by atoms with van der Waals surface area (Å²) in [6.45, 7) is 6.44. The molecule has 3 aromatic rings. The maximum atomic E-state index is 13.1. The Balaban J connectivity index is 1.04. The van der Waals surface area contributed by atoms with Gasteiger partial charge >= 0.3 is 0 Å². The van der Waals surface area contributed by atoms with E-state index < -0.39 is 11.9 Å². The van der Waals surface area contributed by atoms with Gasteiger partial charge < -0.3 is 14.5 Å². The second kappa shape index (κ2) is 11.6. The highest BCUT2D eigenvalue weighted by atomic mass is 16.5. The summed E-state index contributed by atoms with van der Waals surface area (Å²) in [6.07, 6.45) is 2.17. The zero-order valence-corrected chi connectivity index (χ0v) is 23.5. The van der Waals surface area contributed by atoms with Crippen molar-refractivity contribution in [3.63, 3.8) is 0 Å². The molecule has 2 aromatic carbocycles. The number of nitriles is 1. The highest BCUT2D eigenvalue weighted by Gasteiger charge is 2.40. The number of piperidine rings is 1. The monoisotopic (exact) mass is 564 g/mol. The molecule has 10 heteroatoms. The Morgan fingerprint density at radius 2 is 1.83 bits per heavy atom. The number of imide groups is 1. The molecule has 42 heavy (non-hydrogen) atoms. The minimum Gasteiger partial charge on any atom is -0.489 e. The van der Waals surface area contributed by atoms with Crippen LogP contribution in [0.1, 0.15) is 58.4 Å². The number of ether oxygens (including phenoxy) is 1. The first kappa shape index (κ1) is 27.4. The second-order valence-corrected chi connectivity index (χ2v) is 10.9. The first-order valence-electron chi connectivity index (χ1n) is 14.2. The van der Waals surface area contributed by atoms with Crippen molar-refractivity contribution in [1.82, 2.24) is 20.1 Å². The van der Waals surface area contributed by atoms with Crippen LogP contribution in [0.15, 0.2) is 60.8 Å². The number of benzene rings is 2. The van der Waals surface area contributed by atoms with Gasteiger partial charge in [-0.1, -0.05) is 30.3 Å². The van der Waals surface area contributed by atoms with Gasteiger partial charge in [0.05, 0.1) is 12.1 Å². The third kappa shape index (κ3) is 5.43. The maximum Gasteiger partial charge on any atom is 0.255 e. The lowest BCUT2D eigenvalue weighted by Crippen LogP contribution is -2.52. The summed E-state index contributed by atoms with van der Waals surface area (Å²) in [4.78, 5) is 47.7. The summed E-state index contributed by atoms with van der Waals surface area (Å²) in [7, 11) is 0. The number of carbonyl (C=O) groups excluding carboxylic acids is 3. The van der Waals surface area contributed by atoms with Crippen molar-refractivity contribution >= 4 is 23.5 Å². The largest absolute Gasteiger partial charge is 0.489 e. The molecule has 0 saturated carbocycles. The molecule has 6 rings (SSSR count). The predicted octanol–water partition coefficient (Wildman–Crippen LogP) is 3.18. The van der Waals surface area contributed by atoms with Gasteiger partial charge in [-0.2, -0.15) is 5.26 Å². The molecular weight excluding hydrogens is 532 g/mol. The smallest absolute Gasteiger partial charge is 0.255 e. The number of rotatable bonds is 7. The third-order valence-corrected chi connectivity index (χ3v) is 8.46. The van der Waals surface area contributed by atoms with Crippen molar-refractivity contribution in [3.8, 4) is 11.8 Å². The normalized spacial score (nSPS) is 19.7. The molecule has 2 atom stereocenters. The van der Waals surface area contributed by atoms with E-state index in [1.165, 1.54) is 10.5 Å². The molecule has 0 bridgehead atoms. The van der Waals surface area contributed by atoms with Crippen LogP contribution in [0, 0.1) is 11.3 Å². The summed E-state index contributed by atoms with van der Waals surface area (Å²) < 4.78 is 6.17. The fourth-order valence-electron chi connectivity index (χ4n) is 5.93. The van der Waals surface area contributed by atoms with E-state index in [4.69, 9.17) is 10.00 Å². The molecule has 1 N–H and O–H groups in total. The SMILES string of the molecule is CC(c1ccc(COc2cccc3c2CN([C@H]2CCC(=O)NC2=O)C3=O)cc1)N1CCN(c2ccc(C#N)cn2)CC1. The third-order valence-electron chi connectivity index (χ3n) is 8.46. The predicted molar refractivity (Wildman–Crippen MR) is 154 cm³/mol.